The van der Waals surface area contributed by atoms with Gasteiger partial charge in [0.1, 0.15) is 0 Å². The summed E-state index contributed by atoms with van der Waals surface area (Å²) < 4.78 is 0. The van der Waals surface area contributed by atoms with Crippen LogP contribution in [0.25, 0.3) is 0 Å². The molecular formula is C11H20. The molecule has 0 N–H and O–H groups in total. The van der Waals surface area contributed by atoms with Gasteiger partial charge in [-0.3, -0.25) is 0 Å². The second kappa shape index (κ2) is 2.80. The van der Waals surface area contributed by atoms with Crippen LogP contribution in [0, 0.1) is 23.7 Å². The van der Waals surface area contributed by atoms with Gasteiger partial charge in [0.2, 0.25) is 0 Å². The summed E-state index contributed by atoms with van der Waals surface area (Å²) in [6.45, 7) is 4.79. The first-order chi connectivity index (χ1) is 5.33. The monoisotopic (exact) mass is 152 g/mol. The van der Waals surface area contributed by atoms with Crippen LogP contribution in [0.3, 0.4) is 0 Å². The highest BCUT2D eigenvalue weighted by molar-refractivity contribution is 4.95. The fraction of sp³-hybridized carbons (Fsp3) is 1.00. The van der Waals surface area contributed by atoms with E-state index in [1.165, 1.54) is 19.3 Å². The molecule has 0 aromatic rings. The standard InChI is InChI=1S/C11H20/c1-3-4-10-9-6-5-8(2)11(10)7-9/h8-11H,3-7H2,1-2H3. The van der Waals surface area contributed by atoms with Gasteiger partial charge in [0.25, 0.3) is 0 Å². The summed E-state index contributed by atoms with van der Waals surface area (Å²) in [5.41, 5.74) is 0. The van der Waals surface area contributed by atoms with Gasteiger partial charge in [-0.05, 0) is 36.5 Å². The zero-order valence-corrected chi connectivity index (χ0v) is 7.84. The quantitative estimate of drug-likeness (QED) is 0.568. The van der Waals surface area contributed by atoms with Gasteiger partial charge in [-0.1, -0.05) is 33.1 Å². The molecule has 0 heteroatoms. The Morgan fingerprint density at radius 1 is 1.27 bits per heavy atom. The molecule has 0 aromatic carbocycles. The number of fused-ring (bicyclic) bond motifs is 2. The fourth-order valence-electron chi connectivity index (χ4n) is 3.31. The van der Waals surface area contributed by atoms with Crippen LogP contribution in [0.4, 0.5) is 0 Å². The second-order valence-corrected chi connectivity index (χ2v) is 4.67. The Bertz CT molecular complexity index is 137. The molecule has 0 saturated heterocycles. The van der Waals surface area contributed by atoms with Crippen LogP contribution in [0.1, 0.15) is 46.0 Å². The molecule has 64 valence electrons. The minimum absolute atomic E-state index is 1.05. The lowest BCUT2D eigenvalue weighted by Gasteiger charge is -2.53. The molecule has 0 radical (unpaired) electrons. The molecule has 3 fully saturated rings. The molecule has 4 atom stereocenters. The molecule has 3 aliphatic carbocycles. The van der Waals surface area contributed by atoms with Crippen molar-refractivity contribution < 1.29 is 0 Å². The molecule has 0 aliphatic heterocycles. The van der Waals surface area contributed by atoms with Crippen LogP contribution in [0.5, 0.6) is 0 Å². The molecule has 0 amide bonds. The molecule has 0 nitrogen and oxygen atoms in total. The lowest BCUT2D eigenvalue weighted by Crippen LogP contribution is -2.44. The zero-order valence-electron chi connectivity index (χ0n) is 7.84. The van der Waals surface area contributed by atoms with Gasteiger partial charge in [-0.2, -0.15) is 0 Å². The average Bonchev–Trinajstić information content (AvgIpc) is 1.99. The van der Waals surface area contributed by atoms with E-state index in [4.69, 9.17) is 0 Å². The van der Waals surface area contributed by atoms with E-state index in [2.05, 4.69) is 13.8 Å². The minimum atomic E-state index is 1.05. The van der Waals surface area contributed by atoms with Crippen molar-refractivity contribution in [2.75, 3.05) is 0 Å². The summed E-state index contributed by atoms with van der Waals surface area (Å²) in [6.07, 6.45) is 7.56. The third kappa shape index (κ3) is 1.11. The van der Waals surface area contributed by atoms with Crippen molar-refractivity contribution in [3.63, 3.8) is 0 Å². The Morgan fingerprint density at radius 3 is 2.64 bits per heavy atom. The van der Waals surface area contributed by atoms with E-state index in [1.807, 2.05) is 0 Å². The number of hydrogen-bond acceptors (Lipinski definition) is 0. The first-order valence-electron chi connectivity index (χ1n) is 5.33. The van der Waals surface area contributed by atoms with E-state index in [-0.39, 0.29) is 0 Å². The van der Waals surface area contributed by atoms with E-state index in [0.717, 1.165) is 23.7 Å². The highest BCUT2D eigenvalue weighted by Crippen LogP contribution is 2.54. The first-order valence-corrected chi connectivity index (χ1v) is 5.33. The van der Waals surface area contributed by atoms with Crippen LogP contribution in [0.2, 0.25) is 0 Å². The molecule has 0 heterocycles. The summed E-state index contributed by atoms with van der Waals surface area (Å²) in [6, 6.07) is 0. The molecule has 3 rings (SSSR count). The maximum atomic E-state index is 2.46. The largest absolute Gasteiger partial charge is 0.0654 e. The van der Waals surface area contributed by atoms with Crippen molar-refractivity contribution in [3.05, 3.63) is 0 Å². The normalized spacial score (nSPS) is 48.5. The average molecular weight is 152 g/mol. The van der Waals surface area contributed by atoms with Gasteiger partial charge in [-0.15, -0.1) is 0 Å². The van der Waals surface area contributed by atoms with Crippen LogP contribution in [0.15, 0.2) is 0 Å². The summed E-state index contributed by atoms with van der Waals surface area (Å²) in [7, 11) is 0. The van der Waals surface area contributed by atoms with Gasteiger partial charge in [0.05, 0.1) is 0 Å². The molecule has 2 bridgehead atoms. The topological polar surface area (TPSA) is 0 Å². The highest BCUT2D eigenvalue weighted by Gasteiger charge is 2.45. The molecule has 0 aromatic heterocycles. The number of hydrogen-bond donors (Lipinski definition) is 0. The molecule has 4 unspecified atom stereocenters. The molecule has 3 saturated carbocycles. The number of rotatable bonds is 2. The van der Waals surface area contributed by atoms with Crippen molar-refractivity contribution in [2.24, 2.45) is 23.7 Å². The van der Waals surface area contributed by atoms with E-state index in [9.17, 15) is 0 Å². The third-order valence-corrected chi connectivity index (χ3v) is 4.08. The SMILES string of the molecule is CCCC1C2CCC(C)C1C2. The predicted molar refractivity (Wildman–Crippen MR) is 48.4 cm³/mol. The van der Waals surface area contributed by atoms with Gasteiger partial charge in [0, 0.05) is 0 Å². The lowest BCUT2D eigenvalue weighted by molar-refractivity contribution is -0.0330. The van der Waals surface area contributed by atoms with Crippen molar-refractivity contribution >= 4 is 0 Å². The van der Waals surface area contributed by atoms with Gasteiger partial charge >= 0.3 is 0 Å². The molecular weight excluding hydrogens is 132 g/mol. The third-order valence-electron chi connectivity index (χ3n) is 4.08. The zero-order chi connectivity index (χ0) is 7.84. The summed E-state index contributed by atoms with van der Waals surface area (Å²) in [5, 5.41) is 0. The van der Waals surface area contributed by atoms with E-state index >= 15 is 0 Å². The summed E-state index contributed by atoms with van der Waals surface area (Å²) >= 11 is 0. The first kappa shape index (κ1) is 7.64. The Balaban J connectivity index is 1.93. The highest BCUT2D eigenvalue weighted by atomic mass is 14.5. The Labute approximate surface area is 70.4 Å². The van der Waals surface area contributed by atoms with E-state index in [0.29, 0.717) is 0 Å². The fourth-order valence-corrected chi connectivity index (χ4v) is 3.31. The van der Waals surface area contributed by atoms with E-state index < -0.39 is 0 Å². The van der Waals surface area contributed by atoms with Crippen LogP contribution in [-0.4, -0.2) is 0 Å². The second-order valence-electron chi connectivity index (χ2n) is 4.67. The van der Waals surface area contributed by atoms with Crippen molar-refractivity contribution in [1.82, 2.24) is 0 Å². The summed E-state index contributed by atoms with van der Waals surface area (Å²) in [4.78, 5) is 0. The van der Waals surface area contributed by atoms with Crippen LogP contribution in [-0.2, 0) is 0 Å². The molecule has 3 aliphatic rings. The van der Waals surface area contributed by atoms with Crippen LogP contribution >= 0.6 is 0 Å². The van der Waals surface area contributed by atoms with Crippen LogP contribution < -0.4 is 0 Å². The van der Waals surface area contributed by atoms with Gasteiger partial charge in [0.15, 0.2) is 0 Å². The predicted octanol–water partition coefficient (Wildman–Crippen LogP) is 3.47. The Kier molecular flexibility index (Phi) is 1.95. The van der Waals surface area contributed by atoms with Gasteiger partial charge < -0.3 is 0 Å². The summed E-state index contributed by atoms with van der Waals surface area (Å²) in [5.74, 6) is 4.48. The van der Waals surface area contributed by atoms with Crippen molar-refractivity contribution in [1.29, 1.82) is 0 Å². The van der Waals surface area contributed by atoms with Crippen molar-refractivity contribution in [2.45, 2.75) is 46.0 Å². The van der Waals surface area contributed by atoms with Gasteiger partial charge in [-0.25, -0.2) is 0 Å². The molecule has 11 heavy (non-hydrogen) atoms. The Morgan fingerprint density at radius 2 is 2.09 bits per heavy atom. The Hall–Kier alpha value is 0. The smallest absolute Gasteiger partial charge is 0.0355 e. The minimum Gasteiger partial charge on any atom is -0.0654 e. The maximum Gasteiger partial charge on any atom is -0.0355 e. The lowest BCUT2D eigenvalue weighted by atomic mass is 9.52. The maximum absolute atomic E-state index is 2.46. The van der Waals surface area contributed by atoms with E-state index in [1.54, 1.807) is 12.8 Å². The van der Waals surface area contributed by atoms with Crippen molar-refractivity contribution in [3.8, 4) is 0 Å². The molecule has 0 spiro atoms.